The van der Waals surface area contributed by atoms with Crippen molar-refractivity contribution in [2.75, 3.05) is 31.6 Å². The van der Waals surface area contributed by atoms with Gasteiger partial charge >= 0.3 is 0 Å². The number of nitrogens with zero attached hydrogens (tertiary/aromatic N) is 1. The summed E-state index contributed by atoms with van der Waals surface area (Å²) in [5, 5.41) is 1.15. The number of alkyl halides is 1. The third-order valence-electron chi connectivity index (χ3n) is 4.59. The van der Waals surface area contributed by atoms with E-state index in [1.165, 1.54) is 56.4 Å². The zero-order valence-corrected chi connectivity index (χ0v) is 13.7. The van der Waals surface area contributed by atoms with Gasteiger partial charge in [-0.25, -0.2) is 0 Å². The molecular weight excluding hydrogens is 314 g/mol. The summed E-state index contributed by atoms with van der Waals surface area (Å²) in [6, 6.07) is 6.74. The Morgan fingerprint density at radius 1 is 1.35 bits per heavy atom. The number of hydrogen-bond donors (Lipinski definition) is 0. The van der Waals surface area contributed by atoms with Crippen molar-refractivity contribution in [3.8, 4) is 5.75 Å². The minimum atomic E-state index is 0.860. The zero-order chi connectivity index (χ0) is 13.8. The smallest absolute Gasteiger partial charge is 0.122 e. The number of ether oxygens (including phenoxy) is 1. The summed E-state index contributed by atoms with van der Waals surface area (Å²) in [6.45, 7) is 4.64. The van der Waals surface area contributed by atoms with E-state index in [0.717, 1.165) is 30.0 Å². The minimum Gasteiger partial charge on any atom is -0.493 e. The molecule has 2 aliphatic heterocycles. The zero-order valence-electron chi connectivity index (χ0n) is 12.1. The van der Waals surface area contributed by atoms with Gasteiger partial charge in [0.2, 0.25) is 0 Å². The van der Waals surface area contributed by atoms with Crippen molar-refractivity contribution >= 4 is 15.9 Å². The molecule has 1 aromatic carbocycles. The molecule has 1 atom stereocenters. The van der Waals surface area contributed by atoms with Crippen molar-refractivity contribution in [1.82, 2.24) is 4.90 Å². The fourth-order valence-electron chi connectivity index (χ4n) is 3.43. The number of halogens is 1. The van der Waals surface area contributed by atoms with E-state index < -0.39 is 0 Å². The molecule has 20 heavy (non-hydrogen) atoms. The fourth-order valence-corrected chi connectivity index (χ4v) is 4.07. The van der Waals surface area contributed by atoms with Crippen LogP contribution in [0.15, 0.2) is 18.2 Å². The van der Waals surface area contributed by atoms with Gasteiger partial charge in [-0.2, -0.15) is 0 Å². The number of rotatable bonds is 5. The van der Waals surface area contributed by atoms with Crippen LogP contribution in [0.3, 0.4) is 0 Å². The average molecular weight is 338 g/mol. The molecule has 0 radical (unpaired) electrons. The minimum absolute atomic E-state index is 0.860. The standard InChI is InChI=1S/C17H24BrNO/c18-8-5-15-2-1-9-19(13-15)10-6-14-3-4-17-16(12-14)7-11-20-17/h3-4,12,15H,1-2,5-11,13H2. The predicted molar refractivity (Wildman–Crippen MR) is 86.9 cm³/mol. The number of likely N-dealkylation sites (tertiary alicyclic amines) is 1. The van der Waals surface area contributed by atoms with Crippen molar-refractivity contribution in [3.63, 3.8) is 0 Å². The second-order valence-electron chi connectivity index (χ2n) is 6.08. The Labute approximate surface area is 130 Å². The second kappa shape index (κ2) is 6.95. The molecule has 0 saturated carbocycles. The highest BCUT2D eigenvalue weighted by molar-refractivity contribution is 9.09. The quantitative estimate of drug-likeness (QED) is 0.760. The first-order valence-corrected chi connectivity index (χ1v) is 9.00. The molecule has 1 unspecified atom stereocenters. The number of fused-ring (bicyclic) bond motifs is 1. The van der Waals surface area contributed by atoms with Gasteiger partial charge in [0.05, 0.1) is 6.61 Å². The van der Waals surface area contributed by atoms with Crippen LogP contribution in [-0.2, 0) is 12.8 Å². The van der Waals surface area contributed by atoms with Crippen LogP contribution in [0.2, 0.25) is 0 Å². The van der Waals surface area contributed by atoms with Gasteiger partial charge in [-0.05, 0) is 55.3 Å². The Kier molecular flexibility index (Phi) is 5.00. The molecule has 3 heteroatoms. The molecular formula is C17H24BrNO. The molecule has 0 amide bonds. The van der Waals surface area contributed by atoms with Crippen LogP contribution in [0.4, 0.5) is 0 Å². The molecule has 1 saturated heterocycles. The molecule has 110 valence electrons. The van der Waals surface area contributed by atoms with E-state index in [4.69, 9.17) is 4.74 Å². The summed E-state index contributed by atoms with van der Waals surface area (Å²) in [4.78, 5) is 2.65. The van der Waals surface area contributed by atoms with Crippen LogP contribution in [0.25, 0.3) is 0 Å². The molecule has 3 rings (SSSR count). The maximum atomic E-state index is 5.57. The van der Waals surface area contributed by atoms with Crippen molar-refractivity contribution in [2.24, 2.45) is 5.92 Å². The van der Waals surface area contributed by atoms with Crippen molar-refractivity contribution in [3.05, 3.63) is 29.3 Å². The Hall–Kier alpha value is -0.540. The Morgan fingerprint density at radius 3 is 3.20 bits per heavy atom. The van der Waals surface area contributed by atoms with E-state index in [1.807, 2.05) is 0 Å². The lowest BCUT2D eigenvalue weighted by molar-refractivity contribution is 0.174. The monoisotopic (exact) mass is 337 g/mol. The van der Waals surface area contributed by atoms with E-state index >= 15 is 0 Å². The molecule has 0 N–H and O–H groups in total. The molecule has 0 bridgehead atoms. The Morgan fingerprint density at radius 2 is 2.30 bits per heavy atom. The van der Waals surface area contributed by atoms with Gasteiger partial charge in [0.1, 0.15) is 5.75 Å². The topological polar surface area (TPSA) is 12.5 Å². The summed E-state index contributed by atoms with van der Waals surface area (Å²) in [5.74, 6) is 2.00. The highest BCUT2D eigenvalue weighted by Gasteiger charge is 2.19. The first kappa shape index (κ1) is 14.4. The van der Waals surface area contributed by atoms with Crippen LogP contribution >= 0.6 is 15.9 Å². The predicted octanol–water partition coefficient (Wildman–Crippen LogP) is 3.66. The Bertz CT molecular complexity index is 447. The molecule has 1 aromatic rings. The van der Waals surface area contributed by atoms with Crippen LogP contribution in [0.5, 0.6) is 5.75 Å². The average Bonchev–Trinajstić information content (AvgIpc) is 2.93. The lowest BCUT2D eigenvalue weighted by atomic mass is 9.95. The van der Waals surface area contributed by atoms with Crippen molar-refractivity contribution in [1.29, 1.82) is 0 Å². The lowest BCUT2D eigenvalue weighted by Gasteiger charge is -2.32. The van der Waals surface area contributed by atoms with E-state index in [9.17, 15) is 0 Å². The summed E-state index contributed by atoms with van der Waals surface area (Å²) in [7, 11) is 0. The summed E-state index contributed by atoms with van der Waals surface area (Å²) < 4.78 is 5.57. The van der Waals surface area contributed by atoms with Gasteiger partial charge in [0.25, 0.3) is 0 Å². The SMILES string of the molecule is BrCCC1CCCN(CCc2ccc3c(c2)CCO3)C1. The highest BCUT2D eigenvalue weighted by Crippen LogP contribution is 2.26. The van der Waals surface area contributed by atoms with Crippen molar-refractivity contribution in [2.45, 2.75) is 32.1 Å². The third-order valence-corrected chi connectivity index (χ3v) is 5.05. The molecule has 1 fully saturated rings. The second-order valence-corrected chi connectivity index (χ2v) is 6.87. The highest BCUT2D eigenvalue weighted by atomic mass is 79.9. The van der Waals surface area contributed by atoms with Crippen LogP contribution < -0.4 is 4.74 Å². The normalized spacial score (nSPS) is 22.6. The van der Waals surface area contributed by atoms with E-state index in [2.05, 4.69) is 39.0 Å². The molecule has 0 spiro atoms. The molecule has 0 aliphatic carbocycles. The van der Waals surface area contributed by atoms with Gasteiger partial charge in [0.15, 0.2) is 0 Å². The van der Waals surface area contributed by atoms with Gasteiger partial charge in [-0.15, -0.1) is 0 Å². The van der Waals surface area contributed by atoms with Crippen LogP contribution in [0, 0.1) is 5.92 Å². The van der Waals surface area contributed by atoms with E-state index in [1.54, 1.807) is 0 Å². The van der Waals surface area contributed by atoms with Gasteiger partial charge in [-0.3, -0.25) is 0 Å². The van der Waals surface area contributed by atoms with Crippen LogP contribution in [-0.4, -0.2) is 36.5 Å². The number of benzene rings is 1. The number of piperidine rings is 1. The van der Waals surface area contributed by atoms with Gasteiger partial charge in [-0.1, -0.05) is 28.1 Å². The maximum Gasteiger partial charge on any atom is 0.122 e. The molecule has 0 aromatic heterocycles. The van der Waals surface area contributed by atoms with E-state index in [0.29, 0.717) is 0 Å². The summed E-state index contributed by atoms with van der Waals surface area (Å²) >= 11 is 3.58. The fraction of sp³-hybridized carbons (Fsp3) is 0.647. The molecule has 2 aliphatic rings. The largest absolute Gasteiger partial charge is 0.493 e. The number of hydrogen-bond acceptors (Lipinski definition) is 2. The van der Waals surface area contributed by atoms with Crippen LogP contribution in [0.1, 0.15) is 30.4 Å². The third kappa shape index (κ3) is 3.56. The Balaban J connectivity index is 1.51. The summed E-state index contributed by atoms with van der Waals surface area (Å²) in [5.41, 5.74) is 2.87. The molecule has 2 heterocycles. The summed E-state index contributed by atoms with van der Waals surface area (Å²) in [6.07, 6.45) is 6.37. The molecule has 2 nitrogen and oxygen atoms in total. The first-order chi connectivity index (χ1) is 9.85. The van der Waals surface area contributed by atoms with Gasteiger partial charge < -0.3 is 9.64 Å². The van der Waals surface area contributed by atoms with Gasteiger partial charge in [0, 0.05) is 24.8 Å². The van der Waals surface area contributed by atoms with E-state index in [-0.39, 0.29) is 0 Å². The maximum absolute atomic E-state index is 5.57. The lowest BCUT2D eigenvalue weighted by Crippen LogP contribution is -2.36. The van der Waals surface area contributed by atoms with Crippen molar-refractivity contribution < 1.29 is 4.74 Å². The first-order valence-electron chi connectivity index (χ1n) is 7.88.